The topological polar surface area (TPSA) is 76.6 Å². The average molecular weight is 374 g/mol. The van der Waals surface area contributed by atoms with E-state index in [-0.39, 0.29) is 11.7 Å². The van der Waals surface area contributed by atoms with Gasteiger partial charge < -0.3 is 19.7 Å². The smallest absolute Gasteiger partial charge is 0.234 e. The van der Waals surface area contributed by atoms with E-state index in [4.69, 9.17) is 9.47 Å². The summed E-state index contributed by atoms with van der Waals surface area (Å²) in [6.07, 6.45) is 3.95. The lowest BCUT2D eigenvalue weighted by molar-refractivity contribution is -0.113. The summed E-state index contributed by atoms with van der Waals surface area (Å²) in [5, 5.41) is 3.65. The lowest BCUT2D eigenvalue weighted by Crippen LogP contribution is -2.19. The molecule has 0 unspecified atom stereocenters. The first-order valence-electron chi connectivity index (χ1n) is 8.41. The van der Waals surface area contributed by atoms with Gasteiger partial charge in [0.2, 0.25) is 5.91 Å². The molecule has 138 valence electrons. The molecule has 1 aliphatic heterocycles. The van der Waals surface area contributed by atoms with Crippen LogP contribution in [0.15, 0.2) is 35.6 Å². The van der Waals surface area contributed by atoms with Gasteiger partial charge in [-0.05, 0) is 25.0 Å². The van der Waals surface area contributed by atoms with Crippen LogP contribution in [-0.2, 0) is 4.79 Å². The van der Waals surface area contributed by atoms with Crippen molar-refractivity contribution in [2.75, 3.05) is 43.3 Å². The number of nitrogens with one attached hydrogen (secondary N) is 1. The number of benzene rings is 1. The largest absolute Gasteiger partial charge is 0.493 e. The monoisotopic (exact) mass is 374 g/mol. The Morgan fingerprint density at radius 1 is 1.15 bits per heavy atom. The second kappa shape index (κ2) is 8.75. The fourth-order valence-electron chi connectivity index (χ4n) is 2.78. The summed E-state index contributed by atoms with van der Waals surface area (Å²) in [4.78, 5) is 23.0. The lowest BCUT2D eigenvalue weighted by atomic mass is 10.2. The van der Waals surface area contributed by atoms with E-state index in [9.17, 15) is 4.79 Å². The highest BCUT2D eigenvalue weighted by atomic mass is 32.2. The van der Waals surface area contributed by atoms with Crippen LogP contribution < -0.4 is 19.7 Å². The SMILES string of the molecule is COc1ccc(NC(=O)CSc2cc(N3CCCC3)ncn2)cc1OC. The Labute approximate surface area is 157 Å². The average Bonchev–Trinajstić information content (AvgIpc) is 3.21. The molecule has 1 fully saturated rings. The van der Waals surface area contributed by atoms with Crippen molar-refractivity contribution in [3.63, 3.8) is 0 Å². The number of hydrogen-bond donors (Lipinski definition) is 1. The molecule has 0 bridgehead atoms. The first kappa shape index (κ1) is 18.3. The fourth-order valence-corrected chi connectivity index (χ4v) is 3.44. The van der Waals surface area contributed by atoms with Gasteiger partial charge in [-0.1, -0.05) is 11.8 Å². The van der Waals surface area contributed by atoms with Crippen LogP contribution in [0.5, 0.6) is 11.5 Å². The molecule has 2 aromatic rings. The summed E-state index contributed by atoms with van der Waals surface area (Å²) in [5.74, 6) is 2.29. The van der Waals surface area contributed by atoms with Crippen LogP contribution in [0.3, 0.4) is 0 Å². The number of anilines is 2. The van der Waals surface area contributed by atoms with Crippen LogP contribution in [-0.4, -0.2) is 48.9 Å². The van der Waals surface area contributed by atoms with Crippen molar-refractivity contribution in [1.82, 2.24) is 9.97 Å². The Bertz CT molecular complexity index is 766. The molecule has 1 aromatic carbocycles. The molecule has 1 amide bonds. The second-order valence-corrected chi connectivity index (χ2v) is 6.81. The van der Waals surface area contributed by atoms with E-state index in [2.05, 4.69) is 20.2 Å². The quantitative estimate of drug-likeness (QED) is 0.590. The van der Waals surface area contributed by atoms with Gasteiger partial charge in [0.15, 0.2) is 11.5 Å². The van der Waals surface area contributed by atoms with Crippen molar-refractivity contribution in [2.45, 2.75) is 17.9 Å². The number of carbonyl (C=O) groups is 1. The first-order valence-corrected chi connectivity index (χ1v) is 9.40. The normalized spacial score (nSPS) is 13.5. The van der Waals surface area contributed by atoms with Crippen molar-refractivity contribution in [2.24, 2.45) is 0 Å². The minimum Gasteiger partial charge on any atom is -0.493 e. The molecular weight excluding hydrogens is 352 g/mol. The van der Waals surface area contributed by atoms with Gasteiger partial charge in [-0.15, -0.1) is 0 Å². The maximum Gasteiger partial charge on any atom is 0.234 e. The van der Waals surface area contributed by atoms with E-state index in [1.807, 2.05) is 6.07 Å². The van der Waals surface area contributed by atoms with Gasteiger partial charge in [0.25, 0.3) is 0 Å². The summed E-state index contributed by atoms with van der Waals surface area (Å²) >= 11 is 1.39. The van der Waals surface area contributed by atoms with Gasteiger partial charge in [-0.2, -0.15) is 0 Å². The van der Waals surface area contributed by atoms with Gasteiger partial charge in [0, 0.05) is 30.9 Å². The summed E-state index contributed by atoms with van der Waals surface area (Å²) < 4.78 is 10.4. The summed E-state index contributed by atoms with van der Waals surface area (Å²) in [6.45, 7) is 2.06. The molecule has 7 nitrogen and oxygen atoms in total. The molecule has 1 N–H and O–H groups in total. The molecule has 26 heavy (non-hydrogen) atoms. The highest BCUT2D eigenvalue weighted by molar-refractivity contribution is 7.99. The lowest BCUT2D eigenvalue weighted by Gasteiger charge is -2.16. The zero-order chi connectivity index (χ0) is 18.4. The van der Waals surface area contributed by atoms with Crippen molar-refractivity contribution in [3.05, 3.63) is 30.6 Å². The number of ether oxygens (including phenoxy) is 2. The molecule has 3 rings (SSSR count). The number of aromatic nitrogens is 2. The summed E-state index contributed by atoms with van der Waals surface area (Å²) in [6, 6.07) is 7.21. The standard InChI is InChI=1S/C18H22N4O3S/c1-24-14-6-5-13(9-15(14)25-2)21-17(23)11-26-18-10-16(19-12-20-18)22-7-3-4-8-22/h5-6,9-10,12H,3-4,7-8,11H2,1-2H3,(H,21,23). The molecule has 0 radical (unpaired) electrons. The van der Waals surface area contributed by atoms with E-state index in [1.54, 1.807) is 38.7 Å². The zero-order valence-corrected chi connectivity index (χ0v) is 15.7. The number of thioether (sulfide) groups is 1. The molecule has 0 spiro atoms. The zero-order valence-electron chi connectivity index (χ0n) is 14.9. The number of rotatable bonds is 7. The maximum atomic E-state index is 12.2. The van der Waals surface area contributed by atoms with Crippen molar-refractivity contribution < 1.29 is 14.3 Å². The van der Waals surface area contributed by atoms with Crippen LogP contribution in [0.25, 0.3) is 0 Å². The first-order chi connectivity index (χ1) is 12.7. The van der Waals surface area contributed by atoms with E-state index >= 15 is 0 Å². The Morgan fingerprint density at radius 3 is 2.65 bits per heavy atom. The van der Waals surface area contributed by atoms with Gasteiger partial charge in [-0.25, -0.2) is 9.97 Å². The number of methoxy groups -OCH3 is 2. The molecule has 2 heterocycles. The third-order valence-corrected chi connectivity index (χ3v) is 5.00. The molecule has 0 aliphatic carbocycles. The molecule has 8 heteroatoms. The summed E-state index contributed by atoms with van der Waals surface area (Å²) in [7, 11) is 3.14. The van der Waals surface area contributed by atoms with Crippen LogP contribution in [0.2, 0.25) is 0 Å². The predicted octanol–water partition coefficient (Wildman–Crippen LogP) is 2.82. The minimum atomic E-state index is -0.108. The fraction of sp³-hybridized carbons (Fsp3) is 0.389. The molecule has 0 saturated carbocycles. The number of hydrogen-bond acceptors (Lipinski definition) is 7. The van der Waals surface area contributed by atoms with Gasteiger partial charge in [0.1, 0.15) is 17.2 Å². The van der Waals surface area contributed by atoms with Gasteiger partial charge in [0.05, 0.1) is 20.0 Å². The summed E-state index contributed by atoms with van der Waals surface area (Å²) in [5.41, 5.74) is 0.661. The van der Waals surface area contributed by atoms with E-state index in [0.29, 0.717) is 17.2 Å². The van der Waals surface area contributed by atoms with Gasteiger partial charge in [-0.3, -0.25) is 4.79 Å². The van der Waals surface area contributed by atoms with Crippen molar-refractivity contribution in [3.8, 4) is 11.5 Å². The molecule has 0 atom stereocenters. The van der Waals surface area contributed by atoms with Crippen LogP contribution in [0, 0.1) is 0 Å². The third-order valence-electron chi connectivity index (χ3n) is 4.08. The Balaban J connectivity index is 1.56. The predicted molar refractivity (Wildman–Crippen MR) is 102 cm³/mol. The van der Waals surface area contributed by atoms with E-state index < -0.39 is 0 Å². The Hall–Kier alpha value is -2.48. The van der Waals surface area contributed by atoms with E-state index in [0.717, 1.165) is 23.9 Å². The third kappa shape index (κ3) is 4.57. The molecule has 1 saturated heterocycles. The Kier molecular flexibility index (Phi) is 6.17. The highest BCUT2D eigenvalue weighted by Gasteiger charge is 2.14. The second-order valence-electron chi connectivity index (χ2n) is 5.82. The van der Waals surface area contributed by atoms with Crippen LogP contribution >= 0.6 is 11.8 Å². The number of amides is 1. The number of nitrogens with zero attached hydrogens (tertiary/aromatic N) is 3. The Morgan fingerprint density at radius 2 is 1.92 bits per heavy atom. The maximum absolute atomic E-state index is 12.2. The minimum absolute atomic E-state index is 0.108. The van der Waals surface area contributed by atoms with Crippen LogP contribution in [0.4, 0.5) is 11.5 Å². The van der Waals surface area contributed by atoms with Crippen molar-refractivity contribution >= 4 is 29.2 Å². The molecule has 1 aliphatic rings. The van der Waals surface area contributed by atoms with Crippen LogP contribution in [0.1, 0.15) is 12.8 Å². The highest BCUT2D eigenvalue weighted by Crippen LogP contribution is 2.30. The molecule has 1 aromatic heterocycles. The van der Waals surface area contributed by atoms with Gasteiger partial charge >= 0.3 is 0 Å². The van der Waals surface area contributed by atoms with E-state index in [1.165, 1.54) is 24.6 Å². The number of carbonyl (C=O) groups excluding carboxylic acids is 1. The molecular formula is C18H22N4O3S. The van der Waals surface area contributed by atoms with Crippen molar-refractivity contribution in [1.29, 1.82) is 0 Å².